The number of H-pyrrole nitrogens is 1. The lowest BCUT2D eigenvalue weighted by atomic mass is 9.94. The van der Waals surface area contributed by atoms with Crippen molar-refractivity contribution in [2.45, 2.75) is 18.8 Å². The van der Waals surface area contributed by atoms with Gasteiger partial charge in [0.25, 0.3) is 5.91 Å². The molecule has 1 saturated heterocycles. The molecule has 1 N–H and O–H groups in total. The van der Waals surface area contributed by atoms with Gasteiger partial charge in [0.15, 0.2) is 0 Å². The molecule has 0 spiro atoms. The SMILES string of the molecule is O=C(c1cccc(F)c1)N1CCC[C@H](c2ccnc(=O)[nH]2)C1. The van der Waals surface area contributed by atoms with E-state index in [1.54, 1.807) is 17.0 Å². The second-order valence-electron chi connectivity index (χ2n) is 5.43. The van der Waals surface area contributed by atoms with Crippen molar-refractivity contribution >= 4 is 5.91 Å². The zero-order chi connectivity index (χ0) is 15.5. The lowest BCUT2D eigenvalue weighted by molar-refractivity contribution is 0.0705. The Kier molecular flexibility index (Phi) is 4.00. The van der Waals surface area contributed by atoms with Crippen LogP contribution in [0.2, 0.25) is 0 Å². The van der Waals surface area contributed by atoms with E-state index in [0.717, 1.165) is 18.5 Å². The second-order valence-corrected chi connectivity index (χ2v) is 5.43. The van der Waals surface area contributed by atoms with Gasteiger partial charge in [0.2, 0.25) is 0 Å². The molecular formula is C16H16FN3O2. The van der Waals surface area contributed by atoms with E-state index in [4.69, 9.17) is 0 Å². The quantitative estimate of drug-likeness (QED) is 0.921. The Morgan fingerprint density at radius 2 is 2.23 bits per heavy atom. The second kappa shape index (κ2) is 6.09. The number of likely N-dealkylation sites (tertiary alicyclic amines) is 1. The Labute approximate surface area is 126 Å². The molecule has 6 heteroatoms. The highest BCUT2D eigenvalue weighted by molar-refractivity contribution is 5.94. The van der Waals surface area contributed by atoms with E-state index in [9.17, 15) is 14.0 Å². The number of nitrogens with zero attached hydrogens (tertiary/aromatic N) is 2. The zero-order valence-electron chi connectivity index (χ0n) is 12.0. The van der Waals surface area contributed by atoms with Gasteiger partial charge in [0.1, 0.15) is 5.82 Å². The summed E-state index contributed by atoms with van der Waals surface area (Å²) in [6, 6.07) is 7.48. The topological polar surface area (TPSA) is 66.1 Å². The highest BCUT2D eigenvalue weighted by Gasteiger charge is 2.26. The van der Waals surface area contributed by atoms with Crippen LogP contribution in [0.5, 0.6) is 0 Å². The minimum atomic E-state index is -0.419. The summed E-state index contributed by atoms with van der Waals surface area (Å²) >= 11 is 0. The number of rotatable bonds is 2. The summed E-state index contributed by atoms with van der Waals surface area (Å²) in [5.41, 5.74) is 0.756. The summed E-state index contributed by atoms with van der Waals surface area (Å²) in [5.74, 6) is -0.527. The van der Waals surface area contributed by atoms with Crippen molar-refractivity contribution < 1.29 is 9.18 Å². The average Bonchev–Trinajstić information content (AvgIpc) is 2.54. The largest absolute Gasteiger partial charge is 0.345 e. The third kappa shape index (κ3) is 3.05. The molecule has 2 heterocycles. The van der Waals surface area contributed by atoms with Crippen LogP contribution >= 0.6 is 0 Å². The van der Waals surface area contributed by atoms with E-state index in [0.29, 0.717) is 18.7 Å². The van der Waals surface area contributed by atoms with Crippen molar-refractivity contribution in [1.82, 2.24) is 14.9 Å². The normalized spacial score (nSPS) is 18.2. The van der Waals surface area contributed by atoms with E-state index in [2.05, 4.69) is 9.97 Å². The Morgan fingerprint density at radius 3 is 3.00 bits per heavy atom. The molecule has 0 bridgehead atoms. The third-order valence-electron chi connectivity index (χ3n) is 3.92. The van der Waals surface area contributed by atoms with Gasteiger partial charge in [-0.3, -0.25) is 4.79 Å². The number of carbonyl (C=O) groups is 1. The molecule has 3 rings (SSSR count). The summed E-state index contributed by atoms with van der Waals surface area (Å²) in [6.07, 6.45) is 3.21. The van der Waals surface area contributed by atoms with Crippen molar-refractivity contribution in [2.24, 2.45) is 0 Å². The van der Waals surface area contributed by atoms with Crippen molar-refractivity contribution in [2.75, 3.05) is 13.1 Å². The van der Waals surface area contributed by atoms with Crippen LogP contribution in [0.1, 0.15) is 34.8 Å². The smallest absolute Gasteiger partial charge is 0.338 e. The van der Waals surface area contributed by atoms with Gasteiger partial charge < -0.3 is 9.88 Å². The number of aromatic amines is 1. The molecule has 1 amide bonds. The molecule has 22 heavy (non-hydrogen) atoms. The molecule has 0 unspecified atom stereocenters. The Balaban J connectivity index is 1.78. The minimum Gasteiger partial charge on any atom is -0.338 e. The molecule has 0 radical (unpaired) electrons. The van der Waals surface area contributed by atoms with Gasteiger partial charge in [-0.15, -0.1) is 0 Å². The molecule has 0 aliphatic carbocycles. The first kappa shape index (κ1) is 14.4. The summed E-state index contributed by atoms with van der Waals surface area (Å²) in [6.45, 7) is 1.15. The van der Waals surface area contributed by atoms with E-state index in [-0.39, 0.29) is 17.5 Å². The zero-order valence-corrected chi connectivity index (χ0v) is 12.0. The Hall–Kier alpha value is -2.50. The lowest BCUT2D eigenvalue weighted by Crippen LogP contribution is -2.39. The van der Waals surface area contributed by atoms with Gasteiger partial charge >= 0.3 is 5.69 Å². The van der Waals surface area contributed by atoms with E-state index in [1.807, 2.05) is 0 Å². The fraction of sp³-hybridized carbons (Fsp3) is 0.312. The number of nitrogens with one attached hydrogen (secondary N) is 1. The van der Waals surface area contributed by atoms with Crippen LogP contribution in [0.15, 0.2) is 41.3 Å². The molecule has 0 saturated carbocycles. The predicted molar refractivity (Wildman–Crippen MR) is 79.1 cm³/mol. The summed E-state index contributed by atoms with van der Waals surface area (Å²) < 4.78 is 13.3. The van der Waals surface area contributed by atoms with Gasteiger partial charge in [0.05, 0.1) is 0 Å². The van der Waals surface area contributed by atoms with Crippen LogP contribution < -0.4 is 5.69 Å². The number of halogens is 1. The molecule has 1 fully saturated rings. The van der Waals surface area contributed by atoms with Crippen molar-refractivity contribution in [3.05, 3.63) is 64.1 Å². The van der Waals surface area contributed by atoms with Crippen molar-refractivity contribution in [3.8, 4) is 0 Å². The predicted octanol–water partition coefficient (Wildman–Crippen LogP) is 1.93. The number of piperidine rings is 1. The Bertz CT molecular complexity index is 744. The van der Waals surface area contributed by atoms with E-state index < -0.39 is 5.82 Å². The lowest BCUT2D eigenvalue weighted by Gasteiger charge is -2.32. The fourth-order valence-electron chi connectivity index (χ4n) is 2.84. The third-order valence-corrected chi connectivity index (χ3v) is 3.92. The molecular weight excluding hydrogens is 285 g/mol. The Morgan fingerprint density at radius 1 is 1.36 bits per heavy atom. The van der Waals surface area contributed by atoms with Crippen LogP contribution in [0.25, 0.3) is 0 Å². The van der Waals surface area contributed by atoms with Crippen molar-refractivity contribution in [3.63, 3.8) is 0 Å². The summed E-state index contributed by atoms with van der Waals surface area (Å²) in [5, 5.41) is 0. The maximum atomic E-state index is 13.3. The standard InChI is InChI=1S/C16H16FN3O2/c17-13-5-1-3-11(9-13)15(21)20-8-2-4-12(10-20)14-6-7-18-16(22)19-14/h1,3,5-7,9,12H,2,4,8,10H2,(H,18,19,22)/t12-/m0/s1. The van der Waals surface area contributed by atoms with Gasteiger partial charge in [-0.05, 0) is 37.1 Å². The van der Waals surface area contributed by atoms with E-state index in [1.165, 1.54) is 24.4 Å². The van der Waals surface area contributed by atoms with Crippen LogP contribution in [0, 0.1) is 5.82 Å². The van der Waals surface area contributed by atoms with E-state index >= 15 is 0 Å². The maximum Gasteiger partial charge on any atom is 0.345 e. The minimum absolute atomic E-state index is 0.0713. The van der Waals surface area contributed by atoms with Gasteiger partial charge in [-0.1, -0.05) is 6.07 Å². The maximum absolute atomic E-state index is 13.3. The highest BCUT2D eigenvalue weighted by atomic mass is 19.1. The van der Waals surface area contributed by atoms with Gasteiger partial charge in [-0.25, -0.2) is 14.2 Å². The molecule has 1 aliphatic heterocycles. The molecule has 2 aromatic rings. The molecule has 5 nitrogen and oxygen atoms in total. The molecule has 114 valence electrons. The number of aromatic nitrogens is 2. The average molecular weight is 301 g/mol. The molecule has 1 aromatic heterocycles. The molecule has 1 aliphatic rings. The number of benzene rings is 1. The first-order valence-electron chi connectivity index (χ1n) is 7.23. The van der Waals surface area contributed by atoms with Crippen LogP contribution in [0.3, 0.4) is 0 Å². The number of carbonyl (C=O) groups excluding carboxylic acids is 1. The number of hydrogen-bond acceptors (Lipinski definition) is 3. The fourth-order valence-corrected chi connectivity index (χ4v) is 2.84. The van der Waals surface area contributed by atoms with Gasteiger partial charge in [-0.2, -0.15) is 0 Å². The molecule has 1 atom stereocenters. The first-order chi connectivity index (χ1) is 10.6. The van der Waals surface area contributed by atoms with Crippen molar-refractivity contribution in [1.29, 1.82) is 0 Å². The van der Waals surface area contributed by atoms with Crippen LogP contribution in [-0.2, 0) is 0 Å². The number of amides is 1. The van der Waals surface area contributed by atoms with Crippen LogP contribution in [0.4, 0.5) is 4.39 Å². The highest BCUT2D eigenvalue weighted by Crippen LogP contribution is 2.25. The summed E-state index contributed by atoms with van der Waals surface area (Å²) in [4.78, 5) is 31.8. The monoisotopic (exact) mass is 301 g/mol. The van der Waals surface area contributed by atoms with Crippen LogP contribution in [-0.4, -0.2) is 33.9 Å². The molecule has 1 aromatic carbocycles. The summed E-state index contributed by atoms with van der Waals surface area (Å²) in [7, 11) is 0. The first-order valence-corrected chi connectivity index (χ1v) is 7.23. The number of hydrogen-bond donors (Lipinski definition) is 1. The van der Waals surface area contributed by atoms with Gasteiger partial charge in [0, 0.05) is 36.5 Å².